The molecule has 2 aromatic heterocycles. The molecule has 0 aliphatic carbocycles. The number of rotatable bonds is 7. The highest BCUT2D eigenvalue weighted by atomic mass is 16.3. The quantitative estimate of drug-likeness (QED) is 0.161. The molecular formula is C58H38N2O. The van der Waals surface area contributed by atoms with E-state index >= 15 is 0 Å². The summed E-state index contributed by atoms with van der Waals surface area (Å²) in [5.41, 5.74) is 15.4. The number of furan rings is 1. The maximum Gasteiger partial charge on any atom is 0.143 e. The molecule has 3 nitrogen and oxygen atoms in total. The third kappa shape index (κ3) is 5.82. The topological polar surface area (TPSA) is 21.3 Å². The number of anilines is 3. The van der Waals surface area contributed by atoms with E-state index in [2.05, 4.69) is 240 Å². The van der Waals surface area contributed by atoms with E-state index in [1.165, 1.54) is 38.1 Å². The molecule has 12 rings (SSSR count). The molecule has 0 aliphatic heterocycles. The van der Waals surface area contributed by atoms with Crippen molar-refractivity contribution in [1.29, 1.82) is 0 Å². The van der Waals surface area contributed by atoms with E-state index in [4.69, 9.17) is 4.42 Å². The van der Waals surface area contributed by atoms with Crippen LogP contribution in [-0.2, 0) is 0 Å². The smallest absolute Gasteiger partial charge is 0.143 e. The van der Waals surface area contributed by atoms with Gasteiger partial charge >= 0.3 is 0 Å². The second kappa shape index (κ2) is 14.3. The van der Waals surface area contributed by atoms with Gasteiger partial charge in [0.2, 0.25) is 0 Å². The Hall–Kier alpha value is -8.14. The van der Waals surface area contributed by atoms with Crippen molar-refractivity contribution in [3.63, 3.8) is 0 Å². The van der Waals surface area contributed by atoms with Crippen molar-refractivity contribution >= 4 is 71.6 Å². The van der Waals surface area contributed by atoms with E-state index < -0.39 is 0 Å². The zero-order valence-electron chi connectivity index (χ0n) is 33.2. The van der Waals surface area contributed by atoms with Crippen LogP contribution in [0.2, 0.25) is 0 Å². The first-order chi connectivity index (χ1) is 30.3. The molecule has 0 amide bonds. The lowest BCUT2D eigenvalue weighted by atomic mass is 10.00. The number of fused-ring (bicyclic) bond motifs is 7. The fraction of sp³-hybridized carbons (Fsp3) is 0. The molecule has 0 atom stereocenters. The zero-order valence-corrected chi connectivity index (χ0v) is 33.2. The lowest BCUT2D eigenvalue weighted by molar-refractivity contribution is 0.671. The van der Waals surface area contributed by atoms with Crippen LogP contribution >= 0.6 is 0 Å². The van der Waals surface area contributed by atoms with E-state index in [0.717, 1.165) is 72.5 Å². The largest absolute Gasteiger partial charge is 0.455 e. The average Bonchev–Trinajstić information content (AvgIpc) is 3.89. The molecule has 0 bridgehead atoms. The van der Waals surface area contributed by atoms with Gasteiger partial charge in [0, 0.05) is 55.3 Å². The van der Waals surface area contributed by atoms with Crippen LogP contribution in [0.1, 0.15) is 0 Å². The van der Waals surface area contributed by atoms with Gasteiger partial charge in [0.1, 0.15) is 11.2 Å². The summed E-state index contributed by atoms with van der Waals surface area (Å²) in [5, 5.41) is 7.17. The van der Waals surface area contributed by atoms with E-state index in [9.17, 15) is 0 Å². The van der Waals surface area contributed by atoms with E-state index in [0.29, 0.717) is 0 Å². The number of aromatic nitrogens is 1. The molecule has 0 radical (unpaired) electrons. The molecular weight excluding hydrogens is 741 g/mol. The minimum absolute atomic E-state index is 0.900. The fourth-order valence-electron chi connectivity index (χ4n) is 9.33. The van der Waals surface area contributed by atoms with Crippen molar-refractivity contribution in [2.24, 2.45) is 0 Å². The van der Waals surface area contributed by atoms with Gasteiger partial charge in [-0.05, 0) is 82.1 Å². The Bertz CT molecular complexity index is 3520. The number of benzene rings is 10. The Kier molecular flexibility index (Phi) is 8.17. The maximum atomic E-state index is 6.79. The molecule has 2 heterocycles. The van der Waals surface area contributed by atoms with Crippen LogP contribution in [0.3, 0.4) is 0 Å². The third-order valence-electron chi connectivity index (χ3n) is 12.2. The van der Waals surface area contributed by atoms with Crippen molar-refractivity contribution in [1.82, 2.24) is 4.57 Å². The van der Waals surface area contributed by atoms with Crippen LogP contribution < -0.4 is 4.90 Å². The highest BCUT2D eigenvalue weighted by Crippen LogP contribution is 2.43. The summed E-state index contributed by atoms with van der Waals surface area (Å²) in [6.45, 7) is 0. The average molecular weight is 779 g/mol. The molecule has 286 valence electrons. The van der Waals surface area contributed by atoms with Gasteiger partial charge in [0.05, 0.1) is 16.7 Å². The minimum Gasteiger partial charge on any atom is -0.455 e. The van der Waals surface area contributed by atoms with E-state index in [1.807, 2.05) is 0 Å². The third-order valence-corrected chi connectivity index (χ3v) is 12.2. The zero-order chi connectivity index (χ0) is 40.3. The van der Waals surface area contributed by atoms with Gasteiger partial charge in [-0.15, -0.1) is 0 Å². The second-order valence-electron chi connectivity index (χ2n) is 15.7. The molecule has 61 heavy (non-hydrogen) atoms. The van der Waals surface area contributed by atoms with E-state index in [1.54, 1.807) is 0 Å². The first kappa shape index (κ1) is 34.9. The summed E-state index contributed by atoms with van der Waals surface area (Å²) in [4.78, 5) is 2.35. The maximum absolute atomic E-state index is 6.79. The van der Waals surface area contributed by atoms with Crippen LogP contribution in [0.25, 0.3) is 93.6 Å². The predicted molar refractivity (Wildman–Crippen MR) is 257 cm³/mol. The van der Waals surface area contributed by atoms with Crippen LogP contribution in [0.5, 0.6) is 0 Å². The molecule has 0 saturated carbocycles. The minimum atomic E-state index is 0.900. The lowest BCUT2D eigenvalue weighted by Crippen LogP contribution is -2.10. The molecule has 0 aliphatic rings. The van der Waals surface area contributed by atoms with Gasteiger partial charge in [-0.3, -0.25) is 0 Å². The normalized spacial score (nSPS) is 11.6. The number of para-hydroxylation sites is 5. The van der Waals surface area contributed by atoms with Crippen molar-refractivity contribution in [3.8, 4) is 39.1 Å². The summed E-state index contributed by atoms with van der Waals surface area (Å²) in [7, 11) is 0. The summed E-state index contributed by atoms with van der Waals surface area (Å²) in [5.74, 6) is 0. The molecule has 0 spiro atoms. The molecule has 12 aromatic rings. The first-order valence-corrected chi connectivity index (χ1v) is 20.8. The molecule has 3 heteroatoms. The second-order valence-corrected chi connectivity index (χ2v) is 15.7. The van der Waals surface area contributed by atoms with Gasteiger partial charge in [0.15, 0.2) is 0 Å². The Balaban J connectivity index is 0.955. The van der Waals surface area contributed by atoms with Crippen molar-refractivity contribution in [3.05, 3.63) is 231 Å². The van der Waals surface area contributed by atoms with Gasteiger partial charge in [-0.25, -0.2) is 0 Å². The Morgan fingerprint density at radius 2 is 0.770 bits per heavy atom. The molecule has 10 aromatic carbocycles. The standard InChI is InChI=1S/C58H38N2O/c1-2-15-40(16-3-1)48-21-12-23-52-53-24-13-22-49(58(53)61-57(48)52)42-31-35-45(36-32-42)59(46-37-28-39-14-4-5-17-43(39)38-46)44-33-29-41(30-34-44)47-18-6-9-25-54(47)60-55-26-10-7-19-50(55)51-20-8-11-27-56(51)60/h1-38H. The van der Waals surface area contributed by atoms with Crippen LogP contribution in [0, 0.1) is 0 Å². The van der Waals surface area contributed by atoms with Gasteiger partial charge in [-0.1, -0.05) is 176 Å². The summed E-state index contributed by atoms with van der Waals surface area (Å²) >= 11 is 0. The molecule has 0 fully saturated rings. The number of hydrogen-bond donors (Lipinski definition) is 0. The monoisotopic (exact) mass is 778 g/mol. The van der Waals surface area contributed by atoms with Crippen molar-refractivity contribution < 1.29 is 4.42 Å². The Labute approximate surface area is 353 Å². The SMILES string of the molecule is c1ccc(-c2cccc3c2oc2c(-c4ccc(N(c5ccc(-c6ccccc6-n6c7ccccc7c7ccccc76)cc5)c5ccc6ccccc6c5)cc4)cccc23)cc1. The summed E-state index contributed by atoms with van der Waals surface area (Å²) in [6, 6.07) is 82.7. The summed E-state index contributed by atoms with van der Waals surface area (Å²) in [6.07, 6.45) is 0. The van der Waals surface area contributed by atoms with Crippen molar-refractivity contribution in [2.75, 3.05) is 4.90 Å². The van der Waals surface area contributed by atoms with Crippen LogP contribution in [0.4, 0.5) is 17.1 Å². The molecule has 0 N–H and O–H groups in total. The number of hydrogen-bond acceptors (Lipinski definition) is 2. The van der Waals surface area contributed by atoms with Crippen LogP contribution in [-0.4, -0.2) is 4.57 Å². The first-order valence-electron chi connectivity index (χ1n) is 20.8. The van der Waals surface area contributed by atoms with Crippen LogP contribution in [0.15, 0.2) is 235 Å². The van der Waals surface area contributed by atoms with Crippen molar-refractivity contribution in [2.45, 2.75) is 0 Å². The summed E-state index contributed by atoms with van der Waals surface area (Å²) < 4.78 is 9.20. The fourth-order valence-corrected chi connectivity index (χ4v) is 9.33. The highest BCUT2D eigenvalue weighted by Gasteiger charge is 2.19. The Morgan fingerprint density at radius 3 is 1.41 bits per heavy atom. The lowest BCUT2D eigenvalue weighted by Gasteiger charge is -2.26. The number of nitrogens with zero attached hydrogens (tertiary/aromatic N) is 2. The van der Waals surface area contributed by atoms with Gasteiger partial charge < -0.3 is 13.9 Å². The molecule has 0 saturated heterocycles. The predicted octanol–water partition coefficient (Wildman–Crippen LogP) is 16.3. The van der Waals surface area contributed by atoms with E-state index in [-0.39, 0.29) is 0 Å². The highest BCUT2D eigenvalue weighted by molar-refractivity contribution is 6.13. The molecule has 0 unspecified atom stereocenters. The Morgan fingerprint density at radius 1 is 0.311 bits per heavy atom. The van der Waals surface area contributed by atoms with Gasteiger partial charge in [0.25, 0.3) is 0 Å². The van der Waals surface area contributed by atoms with Gasteiger partial charge in [-0.2, -0.15) is 0 Å².